The topological polar surface area (TPSA) is 77.8 Å². The molecule has 1 aliphatic rings. The quantitative estimate of drug-likeness (QED) is 0.544. The molecule has 2 aromatic carbocycles. The van der Waals surface area contributed by atoms with Gasteiger partial charge in [-0.05, 0) is 42.7 Å². The van der Waals surface area contributed by atoms with Gasteiger partial charge in [-0.25, -0.2) is 0 Å². The number of hydrazine groups is 1. The van der Waals surface area contributed by atoms with E-state index in [-0.39, 0.29) is 18.2 Å². The zero-order valence-electron chi connectivity index (χ0n) is 19.4. The molecule has 1 saturated heterocycles. The molecule has 7 heteroatoms. The number of rotatable bonds is 7. The summed E-state index contributed by atoms with van der Waals surface area (Å²) in [6.45, 7) is 9.59. The molecule has 4 rings (SSSR count). The van der Waals surface area contributed by atoms with Crippen LogP contribution in [-0.4, -0.2) is 54.3 Å². The monoisotopic (exact) mass is 448 g/mol. The molecule has 0 spiro atoms. The van der Waals surface area contributed by atoms with Crippen molar-refractivity contribution in [2.75, 3.05) is 32.7 Å². The van der Waals surface area contributed by atoms with Crippen molar-refractivity contribution in [1.82, 2.24) is 20.7 Å². The van der Waals surface area contributed by atoms with Crippen LogP contribution in [0.1, 0.15) is 28.7 Å². The molecule has 2 amide bonds. The first kappa shape index (κ1) is 23.0. The van der Waals surface area contributed by atoms with Crippen molar-refractivity contribution >= 4 is 22.8 Å². The van der Waals surface area contributed by atoms with Gasteiger partial charge >= 0.3 is 0 Å². The molecule has 7 nitrogen and oxygen atoms in total. The number of aryl methyl sites for hydroxylation is 2. The maximum absolute atomic E-state index is 12.3. The van der Waals surface area contributed by atoms with Gasteiger partial charge in [0, 0.05) is 56.6 Å². The number of hydrogen-bond acceptors (Lipinski definition) is 5. The molecule has 0 aliphatic carbocycles. The van der Waals surface area contributed by atoms with Gasteiger partial charge < -0.3 is 9.32 Å². The van der Waals surface area contributed by atoms with Gasteiger partial charge in [0.15, 0.2) is 0 Å². The minimum atomic E-state index is -0.265. The third-order valence-electron chi connectivity index (χ3n) is 6.33. The van der Waals surface area contributed by atoms with Gasteiger partial charge in [-0.2, -0.15) is 0 Å². The molecule has 174 valence electrons. The Balaban J connectivity index is 1.15. The Morgan fingerprint density at radius 3 is 2.33 bits per heavy atom. The molecule has 0 unspecified atom stereocenters. The molecule has 2 heterocycles. The second-order valence-corrected chi connectivity index (χ2v) is 8.82. The Labute approximate surface area is 194 Å². The van der Waals surface area contributed by atoms with Crippen molar-refractivity contribution in [3.63, 3.8) is 0 Å². The molecule has 3 aromatic rings. The lowest BCUT2D eigenvalue weighted by Crippen LogP contribution is -2.48. The maximum atomic E-state index is 12.3. The number of carbonyl (C=O) groups is 2. The summed E-state index contributed by atoms with van der Waals surface area (Å²) >= 11 is 0. The van der Waals surface area contributed by atoms with E-state index in [2.05, 4.69) is 44.9 Å². The van der Waals surface area contributed by atoms with E-state index in [1.165, 1.54) is 5.56 Å². The highest BCUT2D eigenvalue weighted by molar-refractivity contribution is 5.89. The first-order valence-electron chi connectivity index (χ1n) is 11.5. The zero-order chi connectivity index (χ0) is 23.2. The molecule has 1 aromatic heterocycles. The van der Waals surface area contributed by atoms with E-state index in [1.807, 2.05) is 32.0 Å². The third kappa shape index (κ3) is 6.21. The number of furan rings is 1. The van der Waals surface area contributed by atoms with E-state index in [0.29, 0.717) is 13.0 Å². The van der Waals surface area contributed by atoms with E-state index in [4.69, 9.17) is 4.42 Å². The van der Waals surface area contributed by atoms with Crippen molar-refractivity contribution in [1.29, 1.82) is 0 Å². The van der Waals surface area contributed by atoms with Crippen molar-refractivity contribution < 1.29 is 14.0 Å². The van der Waals surface area contributed by atoms with Crippen LogP contribution in [0.2, 0.25) is 0 Å². The van der Waals surface area contributed by atoms with Gasteiger partial charge in [-0.3, -0.25) is 25.3 Å². The lowest BCUT2D eigenvalue weighted by atomic mass is 10.0. The molecule has 1 fully saturated rings. The maximum Gasteiger partial charge on any atom is 0.242 e. The van der Waals surface area contributed by atoms with Crippen LogP contribution >= 0.6 is 0 Å². The molecule has 0 atom stereocenters. The number of nitrogens with one attached hydrogen (secondary N) is 2. The van der Waals surface area contributed by atoms with Crippen LogP contribution in [0.4, 0.5) is 0 Å². The minimum absolute atomic E-state index is 0.152. The SMILES string of the molecule is Cc1cc2occ(CC(=O)NNC(=O)CCN3CCN(Cc4ccccc4)CC3)c2cc1C. The Bertz CT molecular complexity index is 1100. The van der Waals surface area contributed by atoms with Crippen LogP contribution in [0, 0.1) is 13.8 Å². The van der Waals surface area contributed by atoms with Crippen LogP contribution in [0.5, 0.6) is 0 Å². The summed E-state index contributed by atoms with van der Waals surface area (Å²) in [5.74, 6) is -0.447. The summed E-state index contributed by atoms with van der Waals surface area (Å²) in [7, 11) is 0. The first-order valence-corrected chi connectivity index (χ1v) is 11.5. The predicted molar refractivity (Wildman–Crippen MR) is 128 cm³/mol. The second kappa shape index (κ2) is 10.6. The van der Waals surface area contributed by atoms with Gasteiger partial charge in [-0.15, -0.1) is 0 Å². The van der Waals surface area contributed by atoms with Gasteiger partial charge in [-0.1, -0.05) is 30.3 Å². The van der Waals surface area contributed by atoms with Gasteiger partial charge in [0.25, 0.3) is 0 Å². The second-order valence-electron chi connectivity index (χ2n) is 8.82. The molecular formula is C26H32N4O3. The number of hydrogen-bond donors (Lipinski definition) is 2. The lowest BCUT2D eigenvalue weighted by Gasteiger charge is -2.34. The smallest absolute Gasteiger partial charge is 0.242 e. The Kier molecular flexibility index (Phi) is 7.42. The molecule has 2 N–H and O–H groups in total. The fourth-order valence-corrected chi connectivity index (χ4v) is 4.16. The fourth-order valence-electron chi connectivity index (χ4n) is 4.16. The summed E-state index contributed by atoms with van der Waals surface area (Å²) in [5.41, 5.74) is 10.3. The normalized spacial score (nSPS) is 15.0. The van der Waals surface area contributed by atoms with Crippen molar-refractivity contribution in [3.8, 4) is 0 Å². The van der Waals surface area contributed by atoms with Gasteiger partial charge in [0.1, 0.15) is 5.58 Å². The summed E-state index contributed by atoms with van der Waals surface area (Å²) in [4.78, 5) is 29.3. The van der Waals surface area contributed by atoms with Crippen LogP contribution in [-0.2, 0) is 22.6 Å². The van der Waals surface area contributed by atoms with Crippen LogP contribution in [0.15, 0.2) is 53.1 Å². The van der Waals surface area contributed by atoms with Gasteiger partial charge in [0.05, 0.1) is 12.7 Å². The zero-order valence-corrected chi connectivity index (χ0v) is 19.4. The molecule has 33 heavy (non-hydrogen) atoms. The third-order valence-corrected chi connectivity index (χ3v) is 6.33. The van der Waals surface area contributed by atoms with E-state index in [9.17, 15) is 9.59 Å². The largest absolute Gasteiger partial charge is 0.464 e. The minimum Gasteiger partial charge on any atom is -0.464 e. The van der Waals surface area contributed by atoms with Crippen molar-refractivity contribution in [3.05, 3.63) is 71.0 Å². The standard InChI is InChI=1S/C26H32N4O3/c1-19-14-23-22(18-33-24(23)15-20(19)2)16-26(32)28-27-25(31)8-9-29-10-12-30(13-11-29)17-21-6-4-3-5-7-21/h3-7,14-15,18H,8-13,16-17H2,1-2H3,(H,27,31)(H,28,32). The van der Waals surface area contributed by atoms with E-state index in [0.717, 1.165) is 60.4 Å². The predicted octanol–water partition coefficient (Wildman–Crippen LogP) is 2.95. The lowest BCUT2D eigenvalue weighted by molar-refractivity contribution is -0.128. The van der Waals surface area contributed by atoms with E-state index < -0.39 is 0 Å². The highest BCUT2D eigenvalue weighted by atomic mass is 16.3. The van der Waals surface area contributed by atoms with Crippen molar-refractivity contribution in [2.24, 2.45) is 0 Å². The van der Waals surface area contributed by atoms with Crippen LogP contribution in [0.3, 0.4) is 0 Å². The number of nitrogens with zero attached hydrogens (tertiary/aromatic N) is 2. The van der Waals surface area contributed by atoms with Crippen molar-refractivity contribution in [2.45, 2.75) is 33.2 Å². The highest BCUT2D eigenvalue weighted by Crippen LogP contribution is 2.25. The summed E-state index contributed by atoms with van der Waals surface area (Å²) in [6.07, 6.45) is 2.12. The van der Waals surface area contributed by atoms with E-state index >= 15 is 0 Å². The molecule has 0 radical (unpaired) electrons. The van der Waals surface area contributed by atoms with Crippen LogP contribution in [0.25, 0.3) is 11.0 Å². The average Bonchev–Trinajstić information content (AvgIpc) is 3.19. The van der Waals surface area contributed by atoms with Gasteiger partial charge in [0.2, 0.25) is 11.8 Å². The molecule has 1 aliphatic heterocycles. The number of piperazine rings is 1. The molecule has 0 bridgehead atoms. The Hall–Kier alpha value is -3.16. The molecule has 0 saturated carbocycles. The number of amides is 2. The molecular weight excluding hydrogens is 416 g/mol. The fraction of sp³-hybridized carbons (Fsp3) is 0.385. The van der Waals surface area contributed by atoms with Crippen LogP contribution < -0.4 is 10.9 Å². The first-order chi connectivity index (χ1) is 16.0. The Morgan fingerprint density at radius 1 is 0.909 bits per heavy atom. The summed E-state index contributed by atoms with van der Waals surface area (Å²) in [5, 5.41) is 0.936. The van der Waals surface area contributed by atoms with E-state index in [1.54, 1.807) is 6.26 Å². The summed E-state index contributed by atoms with van der Waals surface area (Å²) in [6, 6.07) is 14.5. The average molecular weight is 449 g/mol. The Morgan fingerprint density at radius 2 is 1.58 bits per heavy atom. The number of fused-ring (bicyclic) bond motifs is 1. The highest BCUT2D eigenvalue weighted by Gasteiger charge is 2.18. The number of carbonyl (C=O) groups excluding carboxylic acids is 2. The summed E-state index contributed by atoms with van der Waals surface area (Å²) < 4.78 is 5.58. The number of benzene rings is 2.